The van der Waals surface area contributed by atoms with Crippen LogP contribution in [0.3, 0.4) is 0 Å². The van der Waals surface area contributed by atoms with Crippen molar-refractivity contribution in [3.8, 4) is 5.75 Å². The average Bonchev–Trinajstić information content (AvgIpc) is 2.43. The Bertz CT molecular complexity index is 395. The van der Waals surface area contributed by atoms with Crippen molar-refractivity contribution in [2.24, 2.45) is 0 Å². The number of unbranched alkanes of at least 4 members (excludes halogenated alkanes) is 1. The molecule has 3 nitrogen and oxygen atoms in total. The van der Waals surface area contributed by atoms with Gasteiger partial charge in [0, 0.05) is 16.7 Å². The molecule has 0 aromatic heterocycles. The summed E-state index contributed by atoms with van der Waals surface area (Å²) in [6.07, 6.45) is 3.26. The maximum absolute atomic E-state index is 12.1. The second kappa shape index (κ2) is 9.10. The molecule has 108 valence electrons. The van der Waals surface area contributed by atoms with Crippen LogP contribution in [0, 0.1) is 0 Å². The van der Waals surface area contributed by atoms with Crippen LogP contribution in [0.2, 0.25) is 0 Å². The number of methoxy groups -OCH3 is 1. The Morgan fingerprint density at radius 3 is 2.84 bits per heavy atom. The van der Waals surface area contributed by atoms with Gasteiger partial charge in [-0.3, -0.25) is 4.21 Å². The number of rotatable bonds is 9. The third kappa shape index (κ3) is 6.21. The fourth-order valence-corrected chi connectivity index (χ4v) is 3.17. The standard InChI is InChI=1S/C15H25NO2S/c1-4-16-13(2)8-5-6-11-19(17)15-10-7-9-14(12-15)18-3/h7,9-10,12-13,16H,4-6,8,11H2,1-3H3. The number of ether oxygens (including phenoxy) is 1. The van der Waals surface area contributed by atoms with Crippen molar-refractivity contribution in [2.75, 3.05) is 19.4 Å². The molecule has 0 aliphatic heterocycles. The van der Waals surface area contributed by atoms with Crippen molar-refractivity contribution in [1.29, 1.82) is 0 Å². The van der Waals surface area contributed by atoms with E-state index in [0.29, 0.717) is 6.04 Å². The zero-order valence-corrected chi connectivity index (χ0v) is 13.0. The molecule has 0 aliphatic carbocycles. The van der Waals surface area contributed by atoms with Crippen molar-refractivity contribution < 1.29 is 8.95 Å². The quantitative estimate of drug-likeness (QED) is 0.708. The molecule has 1 aromatic carbocycles. The molecule has 1 N–H and O–H groups in total. The van der Waals surface area contributed by atoms with Gasteiger partial charge in [-0.2, -0.15) is 0 Å². The van der Waals surface area contributed by atoms with Crippen LogP contribution < -0.4 is 10.1 Å². The molecule has 0 radical (unpaired) electrons. The first-order valence-electron chi connectivity index (χ1n) is 6.93. The molecular formula is C15H25NO2S. The van der Waals surface area contributed by atoms with Crippen LogP contribution in [0.25, 0.3) is 0 Å². The fourth-order valence-electron chi connectivity index (χ4n) is 1.99. The van der Waals surface area contributed by atoms with E-state index in [0.717, 1.165) is 42.2 Å². The summed E-state index contributed by atoms with van der Waals surface area (Å²) < 4.78 is 17.3. The Morgan fingerprint density at radius 2 is 2.16 bits per heavy atom. The second-order valence-corrected chi connectivity index (χ2v) is 6.25. The molecule has 0 bridgehead atoms. The molecular weight excluding hydrogens is 258 g/mol. The number of hydrogen-bond acceptors (Lipinski definition) is 3. The maximum atomic E-state index is 12.1. The van der Waals surface area contributed by atoms with Crippen LogP contribution in [0.4, 0.5) is 0 Å². The van der Waals surface area contributed by atoms with Crippen molar-refractivity contribution >= 4 is 10.8 Å². The van der Waals surface area contributed by atoms with E-state index >= 15 is 0 Å². The summed E-state index contributed by atoms with van der Waals surface area (Å²) in [4.78, 5) is 0.860. The molecule has 0 heterocycles. The monoisotopic (exact) mass is 283 g/mol. The van der Waals surface area contributed by atoms with Gasteiger partial charge in [0.15, 0.2) is 0 Å². The summed E-state index contributed by atoms with van der Waals surface area (Å²) in [5, 5.41) is 3.39. The highest BCUT2D eigenvalue weighted by Gasteiger charge is 2.06. The average molecular weight is 283 g/mol. The van der Waals surface area contributed by atoms with Gasteiger partial charge in [0.1, 0.15) is 5.75 Å². The Morgan fingerprint density at radius 1 is 1.37 bits per heavy atom. The third-order valence-corrected chi connectivity index (χ3v) is 4.51. The van der Waals surface area contributed by atoms with E-state index in [2.05, 4.69) is 19.2 Å². The topological polar surface area (TPSA) is 38.3 Å². The first-order chi connectivity index (χ1) is 9.17. The van der Waals surface area contributed by atoms with Gasteiger partial charge in [-0.25, -0.2) is 0 Å². The first kappa shape index (κ1) is 16.2. The molecule has 0 saturated carbocycles. The summed E-state index contributed by atoms with van der Waals surface area (Å²) >= 11 is 0. The van der Waals surface area contributed by atoms with Gasteiger partial charge < -0.3 is 10.1 Å². The molecule has 4 heteroatoms. The van der Waals surface area contributed by atoms with E-state index < -0.39 is 10.8 Å². The van der Waals surface area contributed by atoms with Crippen LogP contribution >= 0.6 is 0 Å². The summed E-state index contributed by atoms with van der Waals surface area (Å²) in [6, 6.07) is 8.07. The minimum absolute atomic E-state index is 0.551. The van der Waals surface area contributed by atoms with Gasteiger partial charge >= 0.3 is 0 Å². The second-order valence-electron chi connectivity index (χ2n) is 4.68. The van der Waals surface area contributed by atoms with Gasteiger partial charge in [-0.05, 0) is 44.5 Å². The van der Waals surface area contributed by atoms with Crippen LogP contribution in [-0.4, -0.2) is 29.7 Å². The highest BCUT2D eigenvalue weighted by molar-refractivity contribution is 7.85. The third-order valence-electron chi connectivity index (χ3n) is 3.07. The Kier molecular flexibility index (Phi) is 7.75. The van der Waals surface area contributed by atoms with Gasteiger partial charge in [0.25, 0.3) is 0 Å². The van der Waals surface area contributed by atoms with Crippen LogP contribution in [-0.2, 0) is 10.8 Å². The van der Waals surface area contributed by atoms with Crippen LogP contribution in [0.1, 0.15) is 33.1 Å². The SMILES string of the molecule is CCNC(C)CCCCS(=O)c1cccc(OC)c1. The Hall–Kier alpha value is -0.870. The van der Waals surface area contributed by atoms with E-state index in [-0.39, 0.29) is 0 Å². The van der Waals surface area contributed by atoms with Gasteiger partial charge in [-0.1, -0.05) is 19.4 Å². The molecule has 0 spiro atoms. The lowest BCUT2D eigenvalue weighted by molar-refractivity contribution is 0.413. The molecule has 2 unspecified atom stereocenters. The van der Waals surface area contributed by atoms with E-state index in [9.17, 15) is 4.21 Å². The summed E-state index contributed by atoms with van der Waals surface area (Å²) in [7, 11) is 0.715. The van der Waals surface area contributed by atoms with Gasteiger partial charge in [0.05, 0.1) is 17.9 Å². The lowest BCUT2D eigenvalue weighted by atomic mass is 10.1. The number of benzene rings is 1. The normalized spacial score (nSPS) is 14.1. The number of nitrogens with one attached hydrogen (secondary N) is 1. The van der Waals surface area contributed by atoms with E-state index in [1.165, 1.54) is 0 Å². The summed E-state index contributed by atoms with van der Waals surface area (Å²) in [6.45, 7) is 5.33. The zero-order valence-electron chi connectivity index (χ0n) is 12.1. The highest BCUT2D eigenvalue weighted by atomic mass is 32.2. The minimum atomic E-state index is -0.914. The van der Waals surface area contributed by atoms with Gasteiger partial charge in [0.2, 0.25) is 0 Å². The number of hydrogen-bond donors (Lipinski definition) is 1. The lowest BCUT2D eigenvalue weighted by Gasteiger charge is -2.11. The van der Waals surface area contributed by atoms with Crippen molar-refractivity contribution in [3.05, 3.63) is 24.3 Å². The molecule has 0 aliphatic rings. The predicted molar refractivity (Wildman–Crippen MR) is 81.3 cm³/mol. The molecule has 19 heavy (non-hydrogen) atoms. The lowest BCUT2D eigenvalue weighted by Crippen LogP contribution is -2.25. The fraction of sp³-hybridized carbons (Fsp3) is 0.600. The molecule has 0 saturated heterocycles. The summed E-state index contributed by atoms with van der Waals surface area (Å²) in [5.41, 5.74) is 0. The van der Waals surface area contributed by atoms with E-state index in [4.69, 9.17) is 4.74 Å². The molecule has 0 fully saturated rings. The van der Waals surface area contributed by atoms with Crippen molar-refractivity contribution in [2.45, 2.75) is 44.0 Å². The molecule has 0 amide bonds. The smallest absolute Gasteiger partial charge is 0.120 e. The van der Waals surface area contributed by atoms with E-state index in [1.807, 2.05) is 24.3 Å². The Balaban J connectivity index is 2.31. The Labute approximate surface area is 119 Å². The highest BCUT2D eigenvalue weighted by Crippen LogP contribution is 2.16. The summed E-state index contributed by atoms with van der Waals surface area (Å²) in [5.74, 6) is 1.50. The van der Waals surface area contributed by atoms with Crippen molar-refractivity contribution in [1.82, 2.24) is 5.32 Å². The minimum Gasteiger partial charge on any atom is -0.497 e. The zero-order chi connectivity index (χ0) is 14.1. The maximum Gasteiger partial charge on any atom is 0.120 e. The van der Waals surface area contributed by atoms with E-state index in [1.54, 1.807) is 7.11 Å². The van der Waals surface area contributed by atoms with Gasteiger partial charge in [-0.15, -0.1) is 0 Å². The first-order valence-corrected chi connectivity index (χ1v) is 8.25. The largest absolute Gasteiger partial charge is 0.497 e. The van der Waals surface area contributed by atoms with Crippen LogP contribution in [0.15, 0.2) is 29.2 Å². The predicted octanol–water partition coefficient (Wildman–Crippen LogP) is 2.97. The van der Waals surface area contributed by atoms with Crippen LogP contribution in [0.5, 0.6) is 5.75 Å². The molecule has 1 rings (SSSR count). The molecule has 2 atom stereocenters. The molecule has 1 aromatic rings. The van der Waals surface area contributed by atoms with Crippen molar-refractivity contribution in [3.63, 3.8) is 0 Å².